The van der Waals surface area contributed by atoms with Crippen LogP contribution in [0.3, 0.4) is 0 Å². The number of halogens is 1. The third-order valence-corrected chi connectivity index (χ3v) is 4.12. The lowest BCUT2D eigenvalue weighted by Gasteiger charge is -2.08. The predicted molar refractivity (Wildman–Crippen MR) is 118 cm³/mol. The van der Waals surface area contributed by atoms with E-state index in [1.54, 1.807) is 13.8 Å². The Morgan fingerprint density at radius 2 is 1.45 bits per heavy atom. The van der Waals surface area contributed by atoms with Gasteiger partial charge in [0.25, 0.3) is 0 Å². The molecule has 0 aliphatic rings. The number of aliphatic carboxylic acids is 1. The van der Waals surface area contributed by atoms with Gasteiger partial charge in [-0.25, -0.2) is 0 Å². The first-order valence-electron chi connectivity index (χ1n) is 10.1. The van der Waals surface area contributed by atoms with Crippen LogP contribution in [0.4, 0.5) is 0 Å². The normalized spacial score (nSPS) is 12.4. The van der Waals surface area contributed by atoms with Crippen LogP contribution in [0.5, 0.6) is 0 Å². The number of nitrogens with one attached hydrogen (secondary N) is 1. The maximum atomic E-state index is 11.1. The van der Waals surface area contributed by atoms with Gasteiger partial charge in [-0.3, -0.25) is 14.4 Å². The van der Waals surface area contributed by atoms with Crippen molar-refractivity contribution in [2.75, 3.05) is 26.3 Å². The van der Waals surface area contributed by atoms with E-state index in [9.17, 15) is 14.4 Å². The largest absolute Gasteiger partial charge is 0.481 e. The third-order valence-electron chi connectivity index (χ3n) is 4.12. The summed E-state index contributed by atoms with van der Waals surface area (Å²) >= 11 is 0. The number of carboxylic acid groups (broad SMARTS) is 1. The van der Waals surface area contributed by atoms with Gasteiger partial charge in [-0.1, -0.05) is 41.5 Å². The van der Waals surface area contributed by atoms with Crippen LogP contribution >= 0.6 is 12.4 Å². The van der Waals surface area contributed by atoms with Crippen molar-refractivity contribution in [1.29, 1.82) is 0 Å². The van der Waals surface area contributed by atoms with Crippen molar-refractivity contribution in [3.8, 4) is 0 Å². The van der Waals surface area contributed by atoms with Gasteiger partial charge in [0.15, 0.2) is 0 Å². The van der Waals surface area contributed by atoms with Crippen molar-refractivity contribution in [3.63, 3.8) is 0 Å². The molecule has 3 atom stereocenters. The van der Waals surface area contributed by atoms with Gasteiger partial charge in [0.2, 0.25) is 5.91 Å². The highest BCUT2D eigenvalue weighted by molar-refractivity contribution is 5.85. The minimum Gasteiger partial charge on any atom is -0.481 e. The second-order valence-corrected chi connectivity index (χ2v) is 6.59. The van der Waals surface area contributed by atoms with Crippen LogP contribution in [0.1, 0.15) is 67.2 Å². The molecule has 0 radical (unpaired) electrons. The Balaban J connectivity index is -0.000000163. The van der Waals surface area contributed by atoms with Crippen molar-refractivity contribution >= 4 is 30.3 Å². The lowest BCUT2D eigenvalue weighted by atomic mass is 10.1. The van der Waals surface area contributed by atoms with E-state index >= 15 is 0 Å². The standard InChI is InChI=1S/C8H18N2O.C7H14O3.C5H10O2.ClH/c1-3-7(2)8(11)10-6-4-5-9;1-3-6(2)7(9)10-5-4-8;1-3-4(2)5(6)7;/h7H,3-6,9H2,1-2H3,(H,10,11);6,8H,3-5H2,1-2H3;4H,3H2,1-2H3,(H,6,7);1H. The molecule has 0 saturated heterocycles. The summed E-state index contributed by atoms with van der Waals surface area (Å²) in [6.45, 7) is 12.6. The number of carboxylic acids is 1. The Bertz CT molecular complexity index is 410. The number of hydrogen-bond donors (Lipinski definition) is 4. The summed E-state index contributed by atoms with van der Waals surface area (Å²) in [6.07, 6.45) is 3.26. The van der Waals surface area contributed by atoms with Gasteiger partial charge < -0.3 is 26.0 Å². The zero-order valence-corrected chi connectivity index (χ0v) is 19.7. The number of aliphatic hydroxyl groups excluding tert-OH is 1. The van der Waals surface area contributed by atoms with Crippen molar-refractivity contribution in [1.82, 2.24) is 5.32 Å². The first kappa shape index (κ1) is 35.1. The van der Waals surface area contributed by atoms with E-state index < -0.39 is 5.97 Å². The summed E-state index contributed by atoms with van der Waals surface area (Å²) < 4.78 is 4.65. The van der Waals surface area contributed by atoms with Gasteiger partial charge in [-0.15, -0.1) is 12.4 Å². The van der Waals surface area contributed by atoms with Crippen LogP contribution in [0, 0.1) is 17.8 Å². The van der Waals surface area contributed by atoms with Crippen LogP contribution in [0.15, 0.2) is 0 Å². The first-order valence-corrected chi connectivity index (χ1v) is 10.1. The van der Waals surface area contributed by atoms with Crippen LogP contribution in [0.2, 0.25) is 0 Å². The molecule has 0 rings (SSSR count). The topological polar surface area (TPSA) is 139 Å². The first-order chi connectivity index (χ1) is 13.1. The number of esters is 1. The minimum atomic E-state index is -0.706. The zero-order valence-electron chi connectivity index (χ0n) is 18.9. The molecule has 0 bridgehead atoms. The van der Waals surface area contributed by atoms with E-state index in [1.165, 1.54) is 0 Å². The van der Waals surface area contributed by atoms with Crippen LogP contribution in [-0.4, -0.2) is 54.4 Å². The Morgan fingerprint density at radius 3 is 1.76 bits per heavy atom. The summed E-state index contributed by atoms with van der Waals surface area (Å²) in [5.74, 6) is -0.890. The molecule has 0 fully saturated rings. The molecule has 0 aliphatic carbocycles. The summed E-state index contributed by atoms with van der Waals surface area (Å²) in [5.41, 5.74) is 5.27. The average molecular weight is 443 g/mol. The maximum Gasteiger partial charge on any atom is 0.308 e. The van der Waals surface area contributed by atoms with Gasteiger partial charge in [-0.2, -0.15) is 0 Å². The van der Waals surface area contributed by atoms with Gasteiger partial charge in [0.1, 0.15) is 6.61 Å². The van der Waals surface area contributed by atoms with Gasteiger partial charge in [-0.05, 0) is 32.2 Å². The fourth-order valence-corrected chi connectivity index (χ4v) is 1.30. The molecule has 0 aliphatic heterocycles. The van der Waals surface area contributed by atoms with Crippen molar-refractivity contribution in [3.05, 3.63) is 0 Å². The molecule has 0 spiro atoms. The van der Waals surface area contributed by atoms with Crippen molar-refractivity contribution in [2.45, 2.75) is 67.2 Å². The fourth-order valence-electron chi connectivity index (χ4n) is 1.30. The maximum absolute atomic E-state index is 11.1. The van der Waals surface area contributed by atoms with Crippen LogP contribution in [0.25, 0.3) is 0 Å². The molecule has 0 saturated carbocycles. The molecule has 0 aromatic rings. The molecule has 0 aromatic carbocycles. The van der Waals surface area contributed by atoms with E-state index in [0.717, 1.165) is 25.7 Å². The summed E-state index contributed by atoms with van der Waals surface area (Å²) in [6, 6.07) is 0. The number of ether oxygens (including phenoxy) is 1. The van der Waals surface area contributed by atoms with Crippen molar-refractivity contribution < 1.29 is 29.3 Å². The molecule has 29 heavy (non-hydrogen) atoms. The Labute approximate surface area is 182 Å². The molecule has 1 amide bonds. The van der Waals surface area contributed by atoms with Gasteiger partial charge in [0.05, 0.1) is 18.4 Å². The van der Waals surface area contributed by atoms with Crippen LogP contribution in [-0.2, 0) is 19.1 Å². The Kier molecular flexibility index (Phi) is 29.8. The summed E-state index contributed by atoms with van der Waals surface area (Å²) in [5, 5.41) is 19.3. The Morgan fingerprint density at radius 1 is 0.966 bits per heavy atom. The molecule has 9 heteroatoms. The molecule has 3 unspecified atom stereocenters. The third kappa shape index (κ3) is 24.6. The number of rotatable bonds is 11. The van der Waals surface area contributed by atoms with E-state index in [-0.39, 0.29) is 55.3 Å². The number of nitrogens with two attached hydrogens (primary N) is 1. The van der Waals surface area contributed by atoms with Crippen LogP contribution < -0.4 is 11.1 Å². The number of aliphatic hydroxyl groups is 1. The smallest absolute Gasteiger partial charge is 0.308 e. The van der Waals surface area contributed by atoms with E-state index in [2.05, 4.69) is 10.1 Å². The molecular formula is C20H43ClN2O6. The summed E-state index contributed by atoms with van der Waals surface area (Å²) in [4.78, 5) is 31.8. The van der Waals surface area contributed by atoms with E-state index in [1.807, 2.05) is 27.7 Å². The van der Waals surface area contributed by atoms with E-state index in [0.29, 0.717) is 13.1 Å². The monoisotopic (exact) mass is 442 g/mol. The lowest BCUT2D eigenvalue weighted by molar-refractivity contribution is -0.149. The highest BCUT2D eigenvalue weighted by Crippen LogP contribution is 2.02. The average Bonchev–Trinajstić information content (AvgIpc) is 2.70. The molecule has 0 aromatic heterocycles. The molecular weight excluding hydrogens is 400 g/mol. The summed E-state index contributed by atoms with van der Waals surface area (Å²) in [7, 11) is 0. The SMILES string of the molecule is CCC(C)C(=O)NCCCN.CCC(C)C(=O)O.CCC(C)C(=O)OCCO.Cl. The van der Waals surface area contributed by atoms with E-state index in [4.69, 9.17) is 15.9 Å². The number of carbonyl (C=O) groups excluding carboxylic acids is 2. The molecule has 176 valence electrons. The second-order valence-electron chi connectivity index (χ2n) is 6.59. The van der Waals surface area contributed by atoms with Gasteiger partial charge in [0, 0.05) is 12.5 Å². The quantitative estimate of drug-likeness (QED) is 0.285. The number of hydrogen-bond acceptors (Lipinski definition) is 6. The lowest BCUT2D eigenvalue weighted by Crippen LogP contribution is -2.30. The fraction of sp³-hybridized carbons (Fsp3) is 0.850. The minimum absolute atomic E-state index is 0. The molecule has 8 nitrogen and oxygen atoms in total. The van der Waals surface area contributed by atoms with Crippen molar-refractivity contribution in [2.24, 2.45) is 23.5 Å². The molecule has 5 N–H and O–H groups in total. The second kappa shape index (κ2) is 24.7. The highest BCUT2D eigenvalue weighted by Gasteiger charge is 2.10. The molecule has 0 heterocycles. The predicted octanol–water partition coefficient (Wildman–Crippen LogP) is 2.60. The highest BCUT2D eigenvalue weighted by atomic mass is 35.5. The van der Waals surface area contributed by atoms with Gasteiger partial charge >= 0.3 is 11.9 Å². The Hall–Kier alpha value is -1.38. The zero-order chi connectivity index (χ0) is 22.5. The number of carbonyl (C=O) groups is 3. The number of amides is 1.